The Morgan fingerprint density at radius 3 is 2.95 bits per heavy atom. The third kappa shape index (κ3) is 3.15. The lowest BCUT2D eigenvalue weighted by molar-refractivity contribution is -0.385. The van der Waals surface area contributed by atoms with E-state index in [1.807, 2.05) is 0 Å². The molecule has 0 radical (unpaired) electrons. The maximum absolute atomic E-state index is 10.9. The Kier molecular flexibility index (Phi) is 4.04. The van der Waals surface area contributed by atoms with Crippen LogP contribution in [0.25, 0.3) is 0 Å². The fourth-order valence-corrected chi connectivity index (χ4v) is 1.81. The van der Waals surface area contributed by atoms with E-state index in [1.54, 1.807) is 0 Å². The van der Waals surface area contributed by atoms with Gasteiger partial charge in [0.15, 0.2) is 6.10 Å². The summed E-state index contributed by atoms with van der Waals surface area (Å²) in [4.78, 5) is 21.0. The van der Waals surface area contributed by atoms with Gasteiger partial charge >= 0.3 is 6.09 Å². The molecule has 1 aromatic carbocycles. The maximum Gasteiger partial charge on any atom is 0.407 e. The molecule has 2 atom stereocenters. The summed E-state index contributed by atoms with van der Waals surface area (Å²) in [5.41, 5.74) is 0.193. The van der Waals surface area contributed by atoms with Crippen molar-refractivity contribution in [1.29, 1.82) is 0 Å². The van der Waals surface area contributed by atoms with Crippen LogP contribution in [0.4, 0.5) is 10.5 Å². The molecule has 0 aliphatic carbocycles. The summed E-state index contributed by atoms with van der Waals surface area (Å²) in [6.07, 6.45) is -1.83. The average molecular weight is 282 g/mol. The topological polar surface area (TPSA) is 111 Å². The van der Waals surface area contributed by atoms with E-state index in [0.717, 1.165) is 0 Å². The van der Waals surface area contributed by atoms with E-state index in [-0.39, 0.29) is 12.3 Å². The number of amides is 1. The van der Waals surface area contributed by atoms with Crippen LogP contribution in [0, 0.1) is 10.1 Å². The van der Waals surface area contributed by atoms with E-state index in [4.69, 9.17) is 9.47 Å². The highest BCUT2D eigenvalue weighted by Gasteiger charge is 2.24. The summed E-state index contributed by atoms with van der Waals surface area (Å²) >= 11 is 0. The number of nitro benzene ring substituents is 1. The first-order valence-electron chi connectivity index (χ1n) is 6.01. The van der Waals surface area contributed by atoms with Crippen molar-refractivity contribution >= 4 is 11.8 Å². The molecule has 1 aliphatic rings. The van der Waals surface area contributed by atoms with Crippen LogP contribution in [0.3, 0.4) is 0 Å². The minimum Gasteiger partial charge on any atom is -0.489 e. The summed E-state index contributed by atoms with van der Waals surface area (Å²) < 4.78 is 10.4. The highest BCUT2D eigenvalue weighted by atomic mass is 16.6. The van der Waals surface area contributed by atoms with Crippen LogP contribution in [-0.2, 0) is 4.74 Å². The van der Waals surface area contributed by atoms with E-state index in [1.165, 1.54) is 25.1 Å². The number of rotatable bonds is 5. The van der Waals surface area contributed by atoms with Gasteiger partial charge in [-0.1, -0.05) is 0 Å². The third-order valence-corrected chi connectivity index (χ3v) is 2.83. The number of hydrogen-bond acceptors (Lipinski definition) is 6. The van der Waals surface area contributed by atoms with Gasteiger partial charge in [0.25, 0.3) is 5.69 Å². The van der Waals surface area contributed by atoms with Gasteiger partial charge in [-0.3, -0.25) is 10.1 Å². The fraction of sp³-hybridized carbons (Fsp3) is 0.417. The van der Waals surface area contributed by atoms with Crippen molar-refractivity contribution in [3.8, 4) is 5.75 Å². The van der Waals surface area contributed by atoms with Crippen LogP contribution in [0.2, 0.25) is 0 Å². The standard InChI is InChI=1S/C12H14N2O6/c1-7(15)10-4-8(14(17)18)2-3-11(10)19-6-9-5-13-12(16)20-9/h2-4,7,9,15H,5-6H2,1H3,(H,13,16)/t7-,9?/m0/s1. The van der Waals surface area contributed by atoms with Crippen LogP contribution in [0.1, 0.15) is 18.6 Å². The molecular weight excluding hydrogens is 268 g/mol. The van der Waals surface area contributed by atoms with E-state index < -0.39 is 23.2 Å². The molecule has 1 aliphatic heterocycles. The molecule has 1 amide bonds. The molecule has 8 nitrogen and oxygen atoms in total. The second kappa shape index (κ2) is 5.74. The molecule has 108 valence electrons. The summed E-state index contributed by atoms with van der Waals surface area (Å²) in [5.74, 6) is 0.327. The molecule has 8 heteroatoms. The number of benzene rings is 1. The number of nitro groups is 1. The smallest absolute Gasteiger partial charge is 0.407 e. The molecule has 1 aromatic rings. The highest BCUT2D eigenvalue weighted by molar-refractivity contribution is 5.69. The van der Waals surface area contributed by atoms with Crippen LogP contribution >= 0.6 is 0 Å². The Labute approximate surface area is 114 Å². The quantitative estimate of drug-likeness (QED) is 0.618. The minimum atomic E-state index is -0.908. The van der Waals surface area contributed by atoms with Gasteiger partial charge in [0, 0.05) is 17.7 Å². The third-order valence-electron chi connectivity index (χ3n) is 2.83. The first-order chi connectivity index (χ1) is 9.47. The van der Waals surface area contributed by atoms with Gasteiger partial charge in [-0.2, -0.15) is 0 Å². The monoisotopic (exact) mass is 282 g/mol. The summed E-state index contributed by atoms with van der Waals surface area (Å²) in [5, 5.41) is 22.8. The van der Waals surface area contributed by atoms with Gasteiger partial charge in [0.05, 0.1) is 17.6 Å². The average Bonchev–Trinajstić information content (AvgIpc) is 2.81. The van der Waals surface area contributed by atoms with Crippen molar-refractivity contribution in [3.05, 3.63) is 33.9 Å². The number of aliphatic hydroxyl groups excluding tert-OH is 1. The lowest BCUT2D eigenvalue weighted by Gasteiger charge is -2.15. The highest BCUT2D eigenvalue weighted by Crippen LogP contribution is 2.29. The normalized spacial score (nSPS) is 19.1. The summed E-state index contributed by atoms with van der Waals surface area (Å²) in [6, 6.07) is 3.98. The number of nitrogens with one attached hydrogen (secondary N) is 1. The summed E-state index contributed by atoms with van der Waals surface area (Å²) in [7, 11) is 0. The molecule has 2 N–H and O–H groups in total. The lowest BCUT2D eigenvalue weighted by atomic mass is 10.1. The molecular formula is C12H14N2O6. The van der Waals surface area contributed by atoms with Crippen LogP contribution in [0.15, 0.2) is 18.2 Å². The van der Waals surface area contributed by atoms with E-state index in [0.29, 0.717) is 17.9 Å². The number of aliphatic hydroxyl groups is 1. The van der Waals surface area contributed by atoms with E-state index in [9.17, 15) is 20.0 Å². The molecule has 1 fully saturated rings. The molecule has 0 bridgehead atoms. The Balaban J connectivity index is 2.10. The molecule has 20 heavy (non-hydrogen) atoms. The molecule has 0 spiro atoms. The molecule has 0 saturated carbocycles. The molecule has 1 saturated heterocycles. The van der Waals surface area contributed by atoms with Crippen molar-refractivity contribution in [2.75, 3.05) is 13.2 Å². The number of carbonyl (C=O) groups is 1. The van der Waals surface area contributed by atoms with Crippen molar-refractivity contribution in [2.24, 2.45) is 0 Å². The number of ether oxygens (including phenoxy) is 2. The lowest BCUT2D eigenvalue weighted by Crippen LogP contribution is -2.22. The molecule has 2 rings (SSSR count). The van der Waals surface area contributed by atoms with Gasteiger partial charge in [-0.25, -0.2) is 4.79 Å². The first-order valence-corrected chi connectivity index (χ1v) is 6.01. The summed E-state index contributed by atoms with van der Waals surface area (Å²) in [6.45, 7) is 1.94. The molecule has 1 unspecified atom stereocenters. The van der Waals surface area contributed by atoms with E-state index >= 15 is 0 Å². The Hall–Kier alpha value is -2.35. The Morgan fingerprint density at radius 2 is 2.40 bits per heavy atom. The molecule has 1 heterocycles. The number of carbonyl (C=O) groups excluding carboxylic acids is 1. The van der Waals surface area contributed by atoms with Gasteiger partial charge in [-0.05, 0) is 13.0 Å². The minimum absolute atomic E-state index is 0.107. The molecule has 0 aromatic heterocycles. The number of cyclic esters (lactones) is 1. The fourth-order valence-electron chi connectivity index (χ4n) is 1.81. The number of alkyl carbamates (subject to hydrolysis) is 1. The Bertz CT molecular complexity index is 531. The van der Waals surface area contributed by atoms with Crippen LogP contribution in [-0.4, -0.2) is 35.4 Å². The van der Waals surface area contributed by atoms with Crippen LogP contribution in [0.5, 0.6) is 5.75 Å². The van der Waals surface area contributed by atoms with Crippen LogP contribution < -0.4 is 10.1 Å². The van der Waals surface area contributed by atoms with Gasteiger partial charge < -0.3 is 19.9 Å². The van der Waals surface area contributed by atoms with Crippen molar-refractivity contribution < 1.29 is 24.3 Å². The number of non-ortho nitro benzene ring substituents is 1. The predicted molar refractivity (Wildman–Crippen MR) is 67.5 cm³/mol. The number of hydrogen-bond donors (Lipinski definition) is 2. The SMILES string of the molecule is C[C@H](O)c1cc([N+](=O)[O-])ccc1OCC1CNC(=O)O1. The van der Waals surface area contributed by atoms with Gasteiger partial charge in [0.1, 0.15) is 12.4 Å². The zero-order valence-corrected chi connectivity index (χ0v) is 10.7. The van der Waals surface area contributed by atoms with Gasteiger partial charge in [-0.15, -0.1) is 0 Å². The maximum atomic E-state index is 10.9. The zero-order valence-electron chi connectivity index (χ0n) is 10.7. The first kappa shape index (κ1) is 14.1. The zero-order chi connectivity index (χ0) is 14.7. The largest absolute Gasteiger partial charge is 0.489 e. The second-order valence-electron chi connectivity index (χ2n) is 4.37. The second-order valence-corrected chi connectivity index (χ2v) is 4.37. The van der Waals surface area contributed by atoms with Crippen molar-refractivity contribution in [3.63, 3.8) is 0 Å². The van der Waals surface area contributed by atoms with Crippen molar-refractivity contribution in [1.82, 2.24) is 5.32 Å². The predicted octanol–water partition coefficient (Wildman–Crippen LogP) is 1.14. The van der Waals surface area contributed by atoms with Gasteiger partial charge in [0.2, 0.25) is 0 Å². The van der Waals surface area contributed by atoms with Crippen molar-refractivity contribution in [2.45, 2.75) is 19.1 Å². The number of nitrogens with zero attached hydrogens (tertiary/aromatic N) is 1. The Morgan fingerprint density at radius 1 is 1.65 bits per heavy atom. The van der Waals surface area contributed by atoms with E-state index in [2.05, 4.69) is 5.32 Å².